The maximum absolute atomic E-state index is 5.24. The van der Waals surface area contributed by atoms with E-state index in [1.165, 1.54) is 18.5 Å². The Kier molecular flexibility index (Phi) is 3.72. The number of nitrogens with one attached hydrogen (secondary N) is 1. The third-order valence-corrected chi connectivity index (χ3v) is 4.24. The number of rotatable bonds is 7. The van der Waals surface area contributed by atoms with Crippen LogP contribution in [0.15, 0.2) is 11.6 Å². The number of nitrogens with zero attached hydrogens (tertiary/aromatic N) is 3. The summed E-state index contributed by atoms with van der Waals surface area (Å²) in [5, 5.41) is 5.33. The lowest BCUT2D eigenvalue weighted by molar-refractivity contribution is 0.204. The molecule has 1 aliphatic carbocycles. The number of fused-ring (bicyclic) bond motifs is 1. The highest BCUT2D eigenvalue weighted by molar-refractivity contribution is 7.15. The molecule has 5 nitrogen and oxygen atoms in total. The average Bonchev–Trinajstić information content (AvgIpc) is 3.04. The zero-order valence-electron chi connectivity index (χ0n) is 11.4. The van der Waals surface area contributed by atoms with Gasteiger partial charge in [0.1, 0.15) is 0 Å². The van der Waals surface area contributed by atoms with E-state index in [0.29, 0.717) is 6.04 Å². The monoisotopic (exact) mass is 280 g/mol. The summed E-state index contributed by atoms with van der Waals surface area (Å²) in [6.07, 6.45) is 4.65. The summed E-state index contributed by atoms with van der Waals surface area (Å²) in [7, 11) is 3.73. The van der Waals surface area contributed by atoms with Crippen LogP contribution in [0.4, 0.5) is 5.82 Å². The molecule has 0 saturated heterocycles. The summed E-state index contributed by atoms with van der Waals surface area (Å²) in [6, 6.07) is 0.648. The predicted octanol–water partition coefficient (Wildman–Crippen LogP) is 1.73. The van der Waals surface area contributed by atoms with E-state index in [9.17, 15) is 0 Å². The molecular weight excluding hydrogens is 260 g/mol. The van der Waals surface area contributed by atoms with Gasteiger partial charge in [-0.1, -0.05) is 0 Å². The van der Waals surface area contributed by atoms with Crippen molar-refractivity contribution in [3.63, 3.8) is 0 Å². The third kappa shape index (κ3) is 2.48. The van der Waals surface area contributed by atoms with E-state index in [4.69, 9.17) is 9.72 Å². The van der Waals surface area contributed by atoms with Gasteiger partial charge in [-0.2, -0.15) is 0 Å². The highest BCUT2D eigenvalue weighted by Gasteiger charge is 2.32. The Morgan fingerprint density at radius 1 is 1.58 bits per heavy atom. The van der Waals surface area contributed by atoms with Gasteiger partial charge in [-0.05, 0) is 19.9 Å². The van der Waals surface area contributed by atoms with Gasteiger partial charge in [-0.25, -0.2) is 4.98 Å². The Labute approximate surface area is 117 Å². The molecule has 2 aromatic rings. The summed E-state index contributed by atoms with van der Waals surface area (Å²) < 4.78 is 7.43. The van der Waals surface area contributed by atoms with Gasteiger partial charge in [-0.3, -0.25) is 4.40 Å². The van der Waals surface area contributed by atoms with Gasteiger partial charge in [-0.15, -0.1) is 11.3 Å². The Hall–Kier alpha value is -1.11. The van der Waals surface area contributed by atoms with Gasteiger partial charge in [0, 0.05) is 37.8 Å². The van der Waals surface area contributed by atoms with Crippen molar-refractivity contribution >= 4 is 22.1 Å². The standard InChI is InChI=1S/C13H20N4OS/c1-14-9-11-12(15-13-17(11)6-8-19-13)16(5-7-18-2)10-3-4-10/h6,8,10,14H,3-5,7,9H2,1-2H3. The largest absolute Gasteiger partial charge is 0.383 e. The quantitative estimate of drug-likeness (QED) is 0.839. The van der Waals surface area contributed by atoms with Crippen LogP contribution in [0.2, 0.25) is 0 Å². The number of aromatic nitrogens is 2. The van der Waals surface area contributed by atoms with Gasteiger partial charge in [0.15, 0.2) is 10.8 Å². The Morgan fingerprint density at radius 2 is 2.42 bits per heavy atom. The van der Waals surface area contributed by atoms with Crippen LogP contribution in [-0.2, 0) is 11.3 Å². The van der Waals surface area contributed by atoms with Crippen LogP contribution in [0.3, 0.4) is 0 Å². The predicted molar refractivity (Wildman–Crippen MR) is 78.1 cm³/mol. The molecule has 3 rings (SSSR count). The summed E-state index contributed by atoms with van der Waals surface area (Å²) in [6.45, 7) is 2.51. The van der Waals surface area contributed by atoms with Crippen molar-refractivity contribution < 1.29 is 4.74 Å². The van der Waals surface area contributed by atoms with Crippen molar-refractivity contribution in [2.75, 3.05) is 32.2 Å². The fourth-order valence-electron chi connectivity index (χ4n) is 2.42. The first kappa shape index (κ1) is 12.9. The molecule has 0 bridgehead atoms. The minimum absolute atomic E-state index is 0.648. The Bertz CT molecular complexity index is 546. The fraction of sp³-hybridized carbons (Fsp3) is 0.615. The molecule has 104 valence electrons. The van der Waals surface area contributed by atoms with Crippen molar-refractivity contribution in [1.29, 1.82) is 0 Å². The lowest BCUT2D eigenvalue weighted by atomic mass is 10.3. The van der Waals surface area contributed by atoms with E-state index >= 15 is 0 Å². The molecule has 1 aliphatic rings. The van der Waals surface area contributed by atoms with Gasteiger partial charge >= 0.3 is 0 Å². The second-order valence-electron chi connectivity index (χ2n) is 4.89. The fourth-order valence-corrected chi connectivity index (χ4v) is 3.15. The lowest BCUT2D eigenvalue weighted by Crippen LogP contribution is -2.31. The molecule has 19 heavy (non-hydrogen) atoms. The molecule has 2 heterocycles. The third-order valence-electron chi connectivity index (χ3n) is 3.48. The molecule has 0 spiro atoms. The maximum Gasteiger partial charge on any atom is 0.195 e. The summed E-state index contributed by atoms with van der Waals surface area (Å²) in [4.78, 5) is 8.30. The molecule has 1 fully saturated rings. The van der Waals surface area contributed by atoms with E-state index in [1.807, 2.05) is 7.05 Å². The normalized spacial score (nSPS) is 15.3. The molecule has 0 aliphatic heterocycles. The number of imidazole rings is 1. The van der Waals surface area contributed by atoms with E-state index in [-0.39, 0.29) is 0 Å². The zero-order chi connectivity index (χ0) is 13.2. The van der Waals surface area contributed by atoms with E-state index in [0.717, 1.165) is 30.5 Å². The van der Waals surface area contributed by atoms with Crippen molar-refractivity contribution in [3.8, 4) is 0 Å². The first-order valence-corrected chi connectivity index (χ1v) is 7.57. The molecule has 0 aromatic carbocycles. The molecule has 0 unspecified atom stereocenters. The topological polar surface area (TPSA) is 41.8 Å². The number of hydrogen-bond acceptors (Lipinski definition) is 5. The van der Waals surface area contributed by atoms with E-state index in [1.54, 1.807) is 18.4 Å². The summed E-state index contributed by atoms with van der Waals surface area (Å²) >= 11 is 1.69. The average molecular weight is 280 g/mol. The van der Waals surface area contributed by atoms with Crippen LogP contribution in [0.25, 0.3) is 4.96 Å². The SMILES string of the molecule is CNCc1c(N(CCOC)C2CC2)nc2sccn12. The van der Waals surface area contributed by atoms with Crippen LogP contribution < -0.4 is 10.2 Å². The van der Waals surface area contributed by atoms with Crippen LogP contribution in [0, 0.1) is 0 Å². The molecule has 0 amide bonds. The smallest absolute Gasteiger partial charge is 0.195 e. The highest BCUT2D eigenvalue weighted by Crippen LogP contribution is 2.34. The number of anilines is 1. The minimum Gasteiger partial charge on any atom is -0.383 e. The number of thiazole rings is 1. The summed E-state index contributed by atoms with van der Waals surface area (Å²) in [5.41, 5.74) is 1.25. The van der Waals surface area contributed by atoms with Crippen molar-refractivity contribution in [2.24, 2.45) is 0 Å². The van der Waals surface area contributed by atoms with Gasteiger partial charge in [0.2, 0.25) is 0 Å². The van der Waals surface area contributed by atoms with E-state index < -0.39 is 0 Å². The van der Waals surface area contributed by atoms with Gasteiger partial charge in [0.05, 0.1) is 12.3 Å². The lowest BCUT2D eigenvalue weighted by Gasteiger charge is -2.23. The molecule has 0 atom stereocenters. The number of ether oxygens (including phenoxy) is 1. The Balaban J connectivity index is 1.95. The van der Waals surface area contributed by atoms with Gasteiger partial charge < -0.3 is 15.0 Å². The second-order valence-corrected chi connectivity index (χ2v) is 5.76. The van der Waals surface area contributed by atoms with Crippen LogP contribution in [0.5, 0.6) is 0 Å². The molecule has 1 N–H and O–H groups in total. The van der Waals surface area contributed by atoms with Crippen molar-refractivity contribution in [2.45, 2.75) is 25.4 Å². The van der Waals surface area contributed by atoms with Gasteiger partial charge in [0.25, 0.3) is 0 Å². The number of methoxy groups -OCH3 is 1. The van der Waals surface area contributed by atoms with Crippen LogP contribution in [-0.4, -0.2) is 42.7 Å². The zero-order valence-corrected chi connectivity index (χ0v) is 12.2. The highest BCUT2D eigenvalue weighted by atomic mass is 32.1. The molecule has 2 aromatic heterocycles. The molecule has 1 saturated carbocycles. The molecular formula is C13H20N4OS. The Morgan fingerprint density at radius 3 is 3.11 bits per heavy atom. The summed E-state index contributed by atoms with van der Waals surface area (Å²) in [5.74, 6) is 1.13. The maximum atomic E-state index is 5.24. The van der Waals surface area contributed by atoms with Crippen LogP contribution >= 0.6 is 11.3 Å². The van der Waals surface area contributed by atoms with Crippen LogP contribution in [0.1, 0.15) is 18.5 Å². The van der Waals surface area contributed by atoms with E-state index in [2.05, 4.69) is 26.2 Å². The second kappa shape index (κ2) is 5.48. The minimum atomic E-state index is 0.648. The number of hydrogen-bond donors (Lipinski definition) is 1. The first-order valence-electron chi connectivity index (χ1n) is 6.69. The van der Waals surface area contributed by atoms with Crippen molar-refractivity contribution in [3.05, 3.63) is 17.3 Å². The molecule has 6 heteroatoms. The first-order chi connectivity index (χ1) is 9.35. The van der Waals surface area contributed by atoms with Crippen molar-refractivity contribution in [1.82, 2.24) is 14.7 Å². The molecule has 0 radical (unpaired) electrons.